The van der Waals surface area contributed by atoms with E-state index < -0.39 is 0 Å². The van der Waals surface area contributed by atoms with E-state index in [1.165, 1.54) is 9.13 Å². The molecule has 1 aromatic carbocycles. The average molecular weight is 303 g/mol. The standard InChI is InChI=1S/C12H18IN/c1-12(2,3)11(14)8-9-4-6-10(13)7-5-9/h4-7,11H,8,14H2,1-3H3. The van der Waals surface area contributed by atoms with Crippen molar-refractivity contribution in [3.63, 3.8) is 0 Å². The topological polar surface area (TPSA) is 26.0 Å². The van der Waals surface area contributed by atoms with Crippen molar-refractivity contribution >= 4 is 22.6 Å². The fraction of sp³-hybridized carbons (Fsp3) is 0.500. The molecule has 2 heteroatoms. The van der Waals surface area contributed by atoms with Gasteiger partial charge in [-0.25, -0.2) is 0 Å². The minimum absolute atomic E-state index is 0.184. The van der Waals surface area contributed by atoms with E-state index in [-0.39, 0.29) is 11.5 Å². The monoisotopic (exact) mass is 303 g/mol. The Morgan fingerprint density at radius 1 is 1.21 bits per heavy atom. The van der Waals surface area contributed by atoms with Crippen LogP contribution >= 0.6 is 22.6 Å². The molecule has 0 aliphatic rings. The Bertz CT molecular complexity index is 284. The third kappa shape index (κ3) is 3.58. The molecular formula is C12H18IN. The van der Waals surface area contributed by atoms with Gasteiger partial charge >= 0.3 is 0 Å². The van der Waals surface area contributed by atoms with E-state index in [4.69, 9.17) is 5.73 Å². The van der Waals surface area contributed by atoms with E-state index in [9.17, 15) is 0 Å². The Labute approximate surface area is 100 Å². The molecule has 1 aromatic rings. The minimum Gasteiger partial charge on any atom is -0.327 e. The van der Waals surface area contributed by atoms with Crippen molar-refractivity contribution in [3.8, 4) is 0 Å². The molecule has 0 saturated carbocycles. The molecule has 1 nitrogen and oxygen atoms in total. The molecule has 78 valence electrons. The molecule has 1 atom stereocenters. The average Bonchev–Trinajstić information content (AvgIpc) is 2.07. The summed E-state index contributed by atoms with van der Waals surface area (Å²) in [6.45, 7) is 6.55. The van der Waals surface area contributed by atoms with Crippen LogP contribution in [0.4, 0.5) is 0 Å². The van der Waals surface area contributed by atoms with Crippen LogP contribution in [0.25, 0.3) is 0 Å². The number of hydrogen-bond acceptors (Lipinski definition) is 1. The highest BCUT2D eigenvalue weighted by Gasteiger charge is 2.20. The first-order valence-electron chi connectivity index (χ1n) is 4.89. The highest BCUT2D eigenvalue weighted by atomic mass is 127. The maximum atomic E-state index is 6.12. The molecule has 0 bridgehead atoms. The second-order valence-electron chi connectivity index (χ2n) is 4.80. The van der Waals surface area contributed by atoms with Crippen molar-refractivity contribution in [1.82, 2.24) is 0 Å². The van der Waals surface area contributed by atoms with Crippen LogP contribution in [0.1, 0.15) is 26.3 Å². The van der Waals surface area contributed by atoms with Gasteiger partial charge < -0.3 is 5.73 Å². The third-order valence-electron chi connectivity index (χ3n) is 2.48. The van der Waals surface area contributed by atoms with Crippen LogP contribution in [0, 0.1) is 8.99 Å². The summed E-state index contributed by atoms with van der Waals surface area (Å²) in [7, 11) is 0. The Kier molecular flexibility index (Phi) is 3.95. The van der Waals surface area contributed by atoms with Gasteiger partial charge in [0.05, 0.1) is 0 Å². The number of nitrogens with two attached hydrogens (primary N) is 1. The molecule has 0 fully saturated rings. The van der Waals surface area contributed by atoms with Gasteiger partial charge in [0.25, 0.3) is 0 Å². The zero-order valence-corrected chi connectivity index (χ0v) is 11.2. The highest BCUT2D eigenvalue weighted by molar-refractivity contribution is 14.1. The summed E-state index contributed by atoms with van der Waals surface area (Å²) >= 11 is 2.32. The minimum atomic E-state index is 0.184. The largest absolute Gasteiger partial charge is 0.327 e. The first kappa shape index (κ1) is 12.0. The van der Waals surface area contributed by atoms with Crippen LogP contribution < -0.4 is 5.73 Å². The van der Waals surface area contributed by atoms with Crippen LogP contribution in [-0.2, 0) is 6.42 Å². The normalized spacial score (nSPS) is 14.1. The highest BCUT2D eigenvalue weighted by Crippen LogP contribution is 2.20. The lowest BCUT2D eigenvalue weighted by Crippen LogP contribution is -2.36. The summed E-state index contributed by atoms with van der Waals surface area (Å²) in [6.07, 6.45) is 0.959. The molecule has 2 N–H and O–H groups in total. The summed E-state index contributed by atoms with van der Waals surface area (Å²) in [5.74, 6) is 0. The van der Waals surface area contributed by atoms with Gasteiger partial charge in [-0.2, -0.15) is 0 Å². The zero-order valence-electron chi connectivity index (χ0n) is 9.05. The smallest absolute Gasteiger partial charge is 0.0130 e. The lowest BCUT2D eigenvalue weighted by Gasteiger charge is -2.27. The molecule has 1 unspecified atom stereocenters. The molecule has 0 aliphatic heterocycles. The quantitative estimate of drug-likeness (QED) is 0.834. The Hall–Kier alpha value is -0.0900. The Balaban J connectivity index is 2.65. The van der Waals surface area contributed by atoms with Crippen LogP contribution in [0.5, 0.6) is 0 Å². The number of benzene rings is 1. The van der Waals surface area contributed by atoms with Gasteiger partial charge in [0, 0.05) is 9.61 Å². The fourth-order valence-corrected chi connectivity index (χ4v) is 1.54. The lowest BCUT2D eigenvalue weighted by atomic mass is 9.84. The molecule has 0 spiro atoms. The lowest BCUT2D eigenvalue weighted by molar-refractivity contribution is 0.318. The van der Waals surface area contributed by atoms with Crippen LogP contribution in [0.3, 0.4) is 0 Å². The maximum Gasteiger partial charge on any atom is 0.0130 e. The van der Waals surface area contributed by atoms with E-state index in [1.807, 2.05) is 0 Å². The second kappa shape index (κ2) is 4.62. The van der Waals surface area contributed by atoms with Crippen molar-refractivity contribution in [2.45, 2.75) is 33.2 Å². The van der Waals surface area contributed by atoms with Crippen molar-refractivity contribution < 1.29 is 0 Å². The van der Waals surface area contributed by atoms with Crippen LogP contribution in [-0.4, -0.2) is 6.04 Å². The molecule has 0 heterocycles. The first-order chi connectivity index (χ1) is 6.39. The SMILES string of the molecule is CC(C)(C)C(N)Cc1ccc(I)cc1. The third-order valence-corrected chi connectivity index (χ3v) is 3.20. The molecule has 14 heavy (non-hydrogen) atoms. The van der Waals surface area contributed by atoms with E-state index in [0.29, 0.717) is 0 Å². The van der Waals surface area contributed by atoms with Gasteiger partial charge in [0.15, 0.2) is 0 Å². The Morgan fingerprint density at radius 3 is 2.14 bits per heavy atom. The summed E-state index contributed by atoms with van der Waals surface area (Å²) in [5, 5.41) is 0. The van der Waals surface area contributed by atoms with Crippen LogP contribution in [0.2, 0.25) is 0 Å². The molecule has 0 radical (unpaired) electrons. The van der Waals surface area contributed by atoms with E-state index in [1.54, 1.807) is 0 Å². The van der Waals surface area contributed by atoms with E-state index >= 15 is 0 Å². The molecule has 0 amide bonds. The van der Waals surface area contributed by atoms with Crippen molar-refractivity contribution in [1.29, 1.82) is 0 Å². The summed E-state index contributed by atoms with van der Waals surface area (Å²) in [5.41, 5.74) is 7.63. The molecular weight excluding hydrogens is 285 g/mol. The molecule has 0 aliphatic carbocycles. The van der Waals surface area contributed by atoms with E-state index in [0.717, 1.165) is 6.42 Å². The number of hydrogen-bond donors (Lipinski definition) is 1. The van der Waals surface area contributed by atoms with Crippen molar-refractivity contribution in [3.05, 3.63) is 33.4 Å². The second-order valence-corrected chi connectivity index (χ2v) is 6.05. The molecule has 1 rings (SSSR count). The molecule has 0 aromatic heterocycles. The fourth-order valence-electron chi connectivity index (χ4n) is 1.18. The Morgan fingerprint density at radius 2 is 1.71 bits per heavy atom. The van der Waals surface area contributed by atoms with Gasteiger partial charge in [-0.15, -0.1) is 0 Å². The summed E-state index contributed by atoms with van der Waals surface area (Å²) in [4.78, 5) is 0. The zero-order chi connectivity index (χ0) is 10.8. The van der Waals surface area contributed by atoms with Gasteiger partial charge in [0.1, 0.15) is 0 Å². The van der Waals surface area contributed by atoms with Crippen molar-refractivity contribution in [2.24, 2.45) is 11.1 Å². The first-order valence-corrected chi connectivity index (χ1v) is 5.97. The van der Waals surface area contributed by atoms with Crippen LogP contribution in [0.15, 0.2) is 24.3 Å². The molecule has 0 saturated heterocycles. The summed E-state index contributed by atoms with van der Waals surface area (Å²) in [6, 6.07) is 8.81. The van der Waals surface area contributed by atoms with Crippen molar-refractivity contribution in [2.75, 3.05) is 0 Å². The predicted octanol–water partition coefficient (Wildman–Crippen LogP) is 3.21. The summed E-state index contributed by atoms with van der Waals surface area (Å²) < 4.78 is 1.27. The van der Waals surface area contributed by atoms with Gasteiger partial charge in [-0.3, -0.25) is 0 Å². The van der Waals surface area contributed by atoms with E-state index in [2.05, 4.69) is 67.6 Å². The maximum absolute atomic E-state index is 6.12. The number of halogens is 1. The van der Waals surface area contributed by atoms with Gasteiger partial charge in [0.2, 0.25) is 0 Å². The van der Waals surface area contributed by atoms with Gasteiger partial charge in [-0.05, 0) is 52.1 Å². The number of rotatable bonds is 2. The predicted molar refractivity (Wildman–Crippen MR) is 70.3 cm³/mol. The van der Waals surface area contributed by atoms with Gasteiger partial charge in [-0.1, -0.05) is 32.9 Å².